The Morgan fingerprint density at radius 3 is 2.52 bits per heavy atom. The number of Topliss-reactive ketones (excluding diaryl/α,β-unsaturated/α-hetero) is 1. The fraction of sp³-hybridized carbons (Fsp3) is 0.591. The Morgan fingerprint density at radius 1 is 1.19 bits per heavy atom. The fourth-order valence-electron chi connectivity index (χ4n) is 3.86. The van der Waals surface area contributed by atoms with Gasteiger partial charge in [0.25, 0.3) is 0 Å². The Labute approximate surface area is 161 Å². The number of fused-ring (bicyclic) bond motifs is 1. The average molecular weight is 374 g/mol. The number of ketones is 1. The third-order valence-electron chi connectivity index (χ3n) is 5.45. The minimum Gasteiger partial charge on any atom is -0.462 e. The first-order valence-corrected chi connectivity index (χ1v) is 9.59. The van der Waals surface area contributed by atoms with E-state index in [1.54, 1.807) is 0 Å². The van der Waals surface area contributed by atoms with Crippen LogP contribution >= 0.6 is 0 Å². The van der Waals surface area contributed by atoms with Crippen LogP contribution in [0, 0.1) is 11.8 Å². The maximum absolute atomic E-state index is 12.3. The van der Waals surface area contributed by atoms with E-state index < -0.39 is 30.1 Å². The van der Waals surface area contributed by atoms with Crippen molar-refractivity contribution in [2.75, 3.05) is 0 Å². The van der Waals surface area contributed by atoms with Crippen molar-refractivity contribution in [3.05, 3.63) is 35.5 Å². The Kier molecular flexibility index (Phi) is 7.17. The zero-order valence-electron chi connectivity index (χ0n) is 16.7. The highest BCUT2D eigenvalue weighted by atomic mass is 16.6. The van der Waals surface area contributed by atoms with Gasteiger partial charge in [-0.05, 0) is 59.0 Å². The topological polar surface area (TPSA) is 69.7 Å². The number of esters is 2. The number of allylic oxidation sites excluding steroid dienone is 3. The van der Waals surface area contributed by atoms with Crippen LogP contribution in [0.4, 0.5) is 0 Å². The second-order valence-electron chi connectivity index (χ2n) is 7.74. The molecule has 5 heteroatoms. The van der Waals surface area contributed by atoms with E-state index in [9.17, 15) is 14.4 Å². The Hall–Kier alpha value is -2.17. The van der Waals surface area contributed by atoms with Gasteiger partial charge in [0.15, 0.2) is 0 Å². The number of hydrogen-bond donors (Lipinski definition) is 0. The Bertz CT molecular complexity index is 685. The van der Waals surface area contributed by atoms with Crippen LogP contribution < -0.4 is 0 Å². The van der Waals surface area contributed by atoms with E-state index >= 15 is 0 Å². The Morgan fingerprint density at radius 2 is 1.89 bits per heavy atom. The van der Waals surface area contributed by atoms with E-state index in [4.69, 9.17) is 9.47 Å². The smallest absolute Gasteiger partial charge is 0.334 e. The molecule has 27 heavy (non-hydrogen) atoms. The summed E-state index contributed by atoms with van der Waals surface area (Å²) in [4.78, 5) is 36.1. The van der Waals surface area contributed by atoms with Gasteiger partial charge in [-0.2, -0.15) is 0 Å². The molecular weight excluding hydrogens is 344 g/mol. The molecule has 0 N–H and O–H groups in total. The lowest BCUT2D eigenvalue weighted by molar-refractivity contribution is -0.152. The summed E-state index contributed by atoms with van der Waals surface area (Å²) in [6, 6.07) is 0. The standard InChI is InChI=1S/C22H30O5/c1-13-7-6-8-14(2)11-20-19(15(3)22(25)27-20)12-21(26-17(5)24)18(10-9-13)16(4)23/h7,11,18-21H,3,6,8-10,12H2,1-2,4-5H3/b13-7+,14-11+/t18-,19+,20+,21+/m1/s1. The zero-order valence-corrected chi connectivity index (χ0v) is 16.7. The molecule has 0 amide bonds. The first kappa shape index (κ1) is 21.1. The summed E-state index contributed by atoms with van der Waals surface area (Å²) < 4.78 is 11.0. The van der Waals surface area contributed by atoms with Gasteiger partial charge >= 0.3 is 11.9 Å². The van der Waals surface area contributed by atoms with Crippen molar-refractivity contribution in [3.63, 3.8) is 0 Å². The first-order chi connectivity index (χ1) is 12.7. The largest absolute Gasteiger partial charge is 0.462 e. The van der Waals surface area contributed by atoms with E-state index in [1.165, 1.54) is 19.4 Å². The molecule has 0 bridgehead atoms. The SMILES string of the molecule is C=C1C(=O)O[C@H]2/C=C(\C)CC/C=C(\C)CC[C@H](C(C)=O)[C@@H](OC(C)=O)C[C@@H]12. The maximum atomic E-state index is 12.3. The van der Waals surface area contributed by atoms with Gasteiger partial charge in [-0.15, -0.1) is 0 Å². The van der Waals surface area contributed by atoms with E-state index in [0.717, 1.165) is 24.8 Å². The van der Waals surface area contributed by atoms with Crippen LogP contribution in [0.1, 0.15) is 59.8 Å². The van der Waals surface area contributed by atoms with Crippen LogP contribution in [0.2, 0.25) is 0 Å². The summed E-state index contributed by atoms with van der Waals surface area (Å²) in [5.41, 5.74) is 2.75. The number of rotatable bonds is 2. The molecule has 2 aliphatic rings. The van der Waals surface area contributed by atoms with Gasteiger partial charge in [-0.25, -0.2) is 4.79 Å². The van der Waals surface area contributed by atoms with Crippen LogP contribution in [-0.4, -0.2) is 29.9 Å². The molecule has 1 fully saturated rings. The monoisotopic (exact) mass is 374 g/mol. The van der Waals surface area contributed by atoms with E-state index in [2.05, 4.69) is 19.6 Å². The molecule has 2 rings (SSSR count). The van der Waals surface area contributed by atoms with Gasteiger partial charge in [-0.3, -0.25) is 9.59 Å². The van der Waals surface area contributed by atoms with Crippen molar-refractivity contribution in [1.82, 2.24) is 0 Å². The highest BCUT2D eigenvalue weighted by Crippen LogP contribution is 2.36. The highest BCUT2D eigenvalue weighted by Gasteiger charge is 2.41. The first-order valence-electron chi connectivity index (χ1n) is 9.59. The third kappa shape index (κ3) is 5.65. The molecule has 1 heterocycles. The van der Waals surface area contributed by atoms with Crippen LogP contribution in [0.15, 0.2) is 35.5 Å². The van der Waals surface area contributed by atoms with Gasteiger partial charge in [0.2, 0.25) is 0 Å². The molecule has 0 spiro atoms. The van der Waals surface area contributed by atoms with Gasteiger partial charge in [-0.1, -0.05) is 23.8 Å². The molecule has 4 atom stereocenters. The summed E-state index contributed by atoms with van der Waals surface area (Å²) in [5.74, 6) is -1.57. The van der Waals surface area contributed by atoms with Gasteiger partial charge in [0, 0.05) is 18.4 Å². The third-order valence-corrected chi connectivity index (χ3v) is 5.45. The lowest BCUT2D eigenvalue weighted by atomic mass is 9.82. The quantitative estimate of drug-likeness (QED) is 0.414. The molecule has 0 aromatic heterocycles. The van der Waals surface area contributed by atoms with Gasteiger partial charge in [0.1, 0.15) is 18.0 Å². The van der Waals surface area contributed by atoms with Crippen molar-refractivity contribution in [2.45, 2.75) is 72.0 Å². The lowest BCUT2D eigenvalue weighted by Crippen LogP contribution is -2.34. The highest BCUT2D eigenvalue weighted by molar-refractivity contribution is 5.91. The number of carbonyl (C=O) groups is 3. The van der Waals surface area contributed by atoms with Crippen molar-refractivity contribution in [3.8, 4) is 0 Å². The molecule has 0 aromatic rings. The molecule has 1 aliphatic heterocycles. The predicted octanol–water partition coefficient (Wildman–Crippen LogP) is 4.08. The number of carbonyl (C=O) groups excluding carboxylic acids is 3. The summed E-state index contributed by atoms with van der Waals surface area (Å²) in [6.45, 7) is 10.9. The molecular formula is C22H30O5. The van der Waals surface area contributed by atoms with Crippen LogP contribution in [0.3, 0.4) is 0 Å². The van der Waals surface area contributed by atoms with Gasteiger partial charge < -0.3 is 9.47 Å². The van der Waals surface area contributed by atoms with Crippen LogP contribution in [0.5, 0.6) is 0 Å². The van der Waals surface area contributed by atoms with E-state index in [0.29, 0.717) is 18.4 Å². The van der Waals surface area contributed by atoms with Crippen molar-refractivity contribution >= 4 is 17.7 Å². The predicted molar refractivity (Wildman–Crippen MR) is 103 cm³/mol. The van der Waals surface area contributed by atoms with Gasteiger partial charge in [0.05, 0.1) is 5.92 Å². The number of ether oxygens (including phenoxy) is 2. The summed E-state index contributed by atoms with van der Waals surface area (Å²) in [6.07, 6.45) is 6.65. The average Bonchev–Trinajstić information content (AvgIpc) is 2.81. The molecule has 148 valence electrons. The normalized spacial score (nSPS) is 33.8. The summed E-state index contributed by atoms with van der Waals surface area (Å²) in [7, 11) is 0. The zero-order chi connectivity index (χ0) is 20.1. The number of hydrogen-bond acceptors (Lipinski definition) is 5. The molecule has 0 unspecified atom stereocenters. The molecule has 1 saturated heterocycles. The Balaban J connectivity index is 2.41. The van der Waals surface area contributed by atoms with E-state index in [-0.39, 0.29) is 11.7 Å². The summed E-state index contributed by atoms with van der Waals surface area (Å²) >= 11 is 0. The van der Waals surface area contributed by atoms with Crippen LogP contribution in [0.25, 0.3) is 0 Å². The lowest BCUT2D eigenvalue weighted by Gasteiger charge is -2.28. The van der Waals surface area contributed by atoms with Crippen molar-refractivity contribution < 1.29 is 23.9 Å². The fourth-order valence-corrected chi connectivity index (χ4v) is 3.86. The second kappa shape index (κ2) is 9.16. The summed E-state index contributed by atoms with van der Waals surface area (Å²) in [5, 5.41) is 0. The molecule has 0 radical (unpaired) electrons. The molecule has 5 nitrogen and oxygen atoms in total. The van der Waals surface area contributed by atoms with Crippen molar-refractivity contribution in [1.29, 1.82) is 0 Å². The minimum atomic E-state index is -0.596. The molecule has 1 aliphatic carbocycles. The minimum absolute atomic E-state index is 0.0111. The molecule has 0 aromatic carbocycles. The van der Waals surface area contributed by atoms with Crippen molar-refractivity contribution in [2.24, 2.45) is 11.8 Å². The second-order valence-corrected chi connectivity index (χ2v) is 7.74. The van der Waals surface area contributed by atoms with E-state index in [1.807, 2.05) is 13.0 Å². The van der Waals surface area contributed by atoms with Crippen LogP contribution in [-0.2, 0) is 23.9 Å². The molecule has 0 saturated carbocycles. The maximum Gasteiger partial charge on any atom is 0.334 e.